The first-order valence-electron chi connectivity index (χ1n) is 8.07. The summed E-state index contributed by atoms with van der Waals surface area (Å²) in [7, 11) is 1.82. The van der Waals surface area contributed by atoms with Crippen LogP contribution in [-0.4, -0.2) is 25.3 Å². The molecule has 9 heteroatoms. The Bertz CT molecular complexity index is 961. The molecule has 1 N–H and O–H groups in total. The minimum absolute atomic E-state index is 0.101. The maximum Gasteiger partial charge on any atom is 0.446 e. The first-order chi connectivity index (χ1) is 12.3. The van der Waals surface area contributed by atoms with Crippen LogP contribution < -0.4 is 5.32 Å². The number of nitrogens with one attached hydrogen (secondary N) is 1. The van der Waals surface area contributed by atoms with E-state index in [4.69, 9.17) is 0 Å². The molecule has 0 aliphatic heterocycles. The van der Waals surface area contributed by atoms with Crippen molar-refractivity contribution >= 4 is 28.6 Å². The van der Waals surface area contributed by atoms with E-state index >= 15 is 0 Å². The Hall–Kier alpha value is -2.29. The fourth-order valence-electron chi connectivity index (χ4n) is 3.04. The van der Waals surface area contributed by atoms with Crippen LogP contribution >= 0.6 is 11.8 Å². The van der Waals surface area contributed by atoms with Crippen molar-refractivity contribution in [3.05, 3.63) is 41.9 Å². The summed E-state index contributed by atoms with van der Waals surface area (Å²) in [4.78, 5) is 9.09. The Kier molecular flexibility index (Phi) is 3.87. The van der Waals surface area contributed by atoms with Crippen LogP contribution in [0.1, 0.15) is 24.2 Å². The van der Waals surface area contributed by atoms with Crippen LogP contribution in [0.2, 0.25) is 0 Å². The van der Waals surface area contributed by atoms with Crippen molar-refractivity contribution in [2.45, 2.75) is 35.7 Å². The van der Waals surface area contributed by atoms with E-state index in [-0.39, 0.29) is 22.2 Å². The molecular weight excluding hydrogens is 363 g/mol. The smallest absolute Gasteiger partial charge is 0.360 e. The van der Waals surface area contributed by atoms with Gasteiger partial charge in [0.1, 0.15) is 11.6 Å². The Morgan fingerprint density at radius 1 is 1.15 bits per heavy atom. The van der Waals surface area contributed by atoms with E-state index in [0.29, 0.717) is 11.6 Å². The number of aromatic nitrogens is 4. The quantitative estimate of drug-likeness (QED) is 0.682. The van der Waals surface area contributed by atoms with Crippen LogP contribution in [0, 0.1) is 6.92 Å². The minimum Gasteiger partial charge on any atom is -0.360 e. The molecule has 0 atom stereocenters. The Labute approximate surface area is 152 Å². The molecule has 136 valence electrons. The van der Waals surface area contributed by atoms with Gasteiger partial charge in [0.25, 0.3) is 0 Å². The SMILES string of the molecule is Cc1nc(NC2(c3ccc(SC(F)(F)F)cc3)CC2)c2cnn(C)c2n1. The second kappa shape index (κ2) is 5.87. The third kappa shape index (κ3) is 3.23. The molecule has 0 saturated heterocycles. The van der Waals surface area contributed by atoms with Gasteiger partial charge in [-0.2, -0.15) is 18.3 Å². The van der Waals surface area contributed by atoms with Gasteiger partial charge in [0.2, 0.25) is 0 Å². The summed E-state index contributed by atoms with van der Waals surface area (Å²) in [5, 5.41) is 8.54. The van der Waals surface area contributed by atoms with E-state index in [2.05, 4.69) is 20.4 Å². The van der Waals surface area contributed by atoms with Gasteiger partial charge in [-0.25, -0.2) is 9.97 Å². The Balaban J connectivity index is 1.63. The topological polar surface area (TPSA) is 55.6 Å². The lowest BCUT2D eigenvalue weighted by molar-refractivity contribution is -0.0328. The minimum atomic E-state index is -4.28. The van der Waals surface area contributed by atoms with Crippen molar-refractivity contribution in [2.75, 3.05) is 5.32 Å². The number of hydrogen-bond acceptors (Lipinski definition) is 5. The van der Waals surface area contributed by atoms with E-state index in [1.54, 1.807) is 23.0 Å². The average Bonchev–Trinajstić information content (AvgIpc) is 3.24. The highest BCUT2D eigenvalue weighted by atomic mass is 32.2. The van der Waals surface area contributed by atoms with E-state index < -0.39 is 5.51 Å². The van der Waals surface area contributed by atoms with Gasteiger partial charge in [-0.3, -0.25) is 4.68 Å². The Morgan fingerprint density at radius 3 is 2.46 bits per heavy atom. The molecule has 0 unspecified atom stereocenters. The molecule has 3 aromatic rings. The molecule has 0 spiro atoms. The number of alkyl halides is 3. The molecule has 1 aliphatic carbocycles. The third-order valence-corrected chi connectivity index (χ3v) is 5.19. The van der Waals surface area contributed by atoms with Crippen LogP contribution in [0.25, 0.3) is 11.0 Å². The second-order valence-electron chi connectivity index (χ2n) is 6.40. The summed E-state index contributed by atoms with van der Waals surface area (Å²) >= 11 is -0.101. The molecule has 1 aromatic carbocycles. The van der Waals surface area contributed by atoms with Crippen molar-refractivity contribution in [3.8, 4) is 0 Å². The predicted molar refractivity (Wildman–Crippen MR) is 93.9 cm³/mol. The highest BCUT2D eigenvalue weighted by Gasteiger charge is 2.45. The summed E-state index contributed by atoms with van der Waals surface area (Å²) in [5.74, 6) is 1.34. The van der Waals surface area contributed by atoms with Crippen LogP contribution in [0.3, 0.4) is 0 Å². The van der Waals surface area contributed by atoms with Crippen LogP contribution in [-0.2, 0) is 12.6 Å². The Morgan fingerprint density at radius 2 is 1.85 bits per heavy atom. The molecule has 2 heterocycles. The van der Waals surface area contributed by atoms with Crippen molar-refractivity contribution in [2.24, 2.45) is 7.05 Å². The number of anilines is 1. The van der Waals surface area contributed by atoms with E-state index in [9.17, 15) is 13.2 Å². The van der Waals surface area contributed by atoms with Crippen LogP contribution in [0.4, 0.5) is 19.0 Å². The summed E-state index contributed by atoms with van der Waals surface area (Å²) < 4.78 is 39.2. The molecule has 1 fully saturated rings. The number of hydrogen-bond donors (Lipinski definition) is 1. The lowest BCUT2D eigenvalue weighted by Gasteiger charge is -2.20. The van der Waals surface area contributed by atoms with Crippen molar-refractivity contribution < 1.29 is 13.2 Å². The van der Waals surface area contributed by atoms with Gasteiger partial charge < -0.3 is 5.32 Å². The van der Waals surface area contributed by atoms with Gasteiger partial charge in [0.15, 0.2) is 5.65 Å². The van der Waals surface area contributed by atoms with E-state index in [1.165, 1.54) is 12.1 Å². The van der Waals surface area contributed by atoms with E-state index in [0.717, 1.165) is 29.4 Å². The molecule has 0 amide bonds. The average molecular weight is 379 g/mol. The summed E-state index contributed by atoms with van der Waals surface area (Å²) in [5.41, 5.74) is -2.88. The monoisotopic (exact) mass is 379 g/mol. The highest BCUT2D eigenvalue weighted by molar-refractivity contribution is 8.00. The largest absolute Gasteiger partial charge is 0.446 e. The van der Waals surface area contributed by atoms with Gasteiger partial charge in [-0.15, -0.1) is 0 Å². The van der Waals surface area contributed by atoms with E-state index in [1.807, 2.05) is 14.0 Å². The standard InChI is InChI=1S/C17H16F3N5S/c1-10-22-14(13-9-21-25(2)15(13)23-10)24-16(7-8-16)11-3-5-12(6-4-11)26-17(18,19)20/h3-6,9H,7-8H2,1-2H3,(H,22,23,24). The van der Waals surface area contributed by atoms with Crippen molar-refractivity contribution in [1.82, 2.24) is 19.7 Å². The van der Waals surface area contributed by atoms with Gasteiger partial charge >= 0.3 is 5.51 Å². The molecular formula is C17H16F3N5S. The first kappa shape index (κ1) is 17.1. The summed E-state index contributed by atoms with van der Waals surface area (Å²) in [6.45, 7) is 1.82. The predicted octanol–water partition coefficient (Wildman–Crippen LogP) is 4.38. The van der Waals surface area contributed by atoms with Crippen LogP contribution in [0.15, 0.2) is 35.4 Å². The molecule has 1 saturated carbocycles. The summed E-state index contributed by atoms with van der Waals surface area (Å²) in [6.07, 6.45) is 3.50. The number of benzene rings is 1. The van der Waals surface area contributed by atoms with Gasteiger partial charge in [-0.1, -0.05) is 12.1 Å². The van der Waals surface area contributed by atoms with Gasteiger partial charge in [-0.05, 0) is 49.2 Å². The molecule has 4 rings (SSSR count). The second-order valence-corrected chi connectivity index (χ2v) is 7.54. The molecule has 2 aromatic heterocycles. The maximum absolute atomic E-state index is 12.5. The first-order valence-corrected chi connectivity index (χ1v) is 8.88. The fourth-order valence-corrected chi connectivity index (χ4v) is 3.58. The maximum atomic E-state index is 12.5. The fraction of sp³-hybridized carbons (Fsp3) is 0.353. The molecule has 0 radical (unpaired) electrons. The summed E-state index contributed by atoms with van der Waals surface area (Å²) in [6, 6.07) is 6.53. The zero-order valence-corrected chi connectivity index (χ0v) is 14.9. The lowest BCUT2D eigenvalue weighted by Crippen LogP contribution is -2.20. The normalized spacial score (nSPS) is 16.0. The molecule has 26 heavy (non-hydrogen) atoms. The number of fused-ring (bicyclic) bond motifs is 1. The molecule has 1 aliphatic rings. The van der Waals surface area contributed by atoms with Crippen molar-refractivity contribution in [3.63, 3.8) is 0 Å². The lowest BCUT2D eigenvalue weighted by atomic mass is 10.0. The number of thioether (sulfide) groups is 1. The number of aryl methyl sites for hydroxylation is 2. The van der Waals surface area contributed by atoms with Gasteiger partial charge in [0.05, 0.1) is 17.1 Å². The zero-order valence-electron chi connectivity index (χ0n) is 14.1. The van der Waals surface area contributed by atoms with Gasteiger partial charge in [0, 0.05) is 11.9 Å². The molecule has 0 bridgehead atoms. The van der Waals surface area contributed by atoms with Crippen LogP contribution in [0.5, 0.6) is 0 Å². The number of halogens is 3. The number of rotatable bonds is 4. The van der Waals surface area contributed by atoms with Crippen molar-refractivity contribution in [1.29, 1.82) is 0 Å². The zero-order chi connectivity index (χ0) is 18.5. The third-order valence-electron chi connectivity index (χ3n) is 4.45. The molecule has 5 nitrogen and oxygen atoms in total. The highest BCUT2D eigenvalue weighted by Crippen LogP contribution is 2.49. The number of nitrogens with zero attached hydrogens (tertiary/aromatic N) is 4.